The van der Waals surface area contributed by atoms with E-state index in [2.05, 4.69) is 111 Å². The smallest absolute Gasteiger partial charge is 0.0658 e. The molecule has 8 rings (SSSR count). The molecule has 2 aliphatic rings. The molecule has 6 aromatic carbocycles. The monoisotopic (exact) mass is 597 g/mol. The number of nitrogens with zero attached hydrogens (tertiary/aromatic N) is 1. The summed E-state index contributed by atoms with van der Waals surface area (Å²) < 4.78 is 0. The Balaban J connectivity index is 0.000000137. The third kappa shape index (κ3) is 6.95. The van der Waals surface area contributed by atoms with Crippen LogP contribution in [0.5, 0.6) is 0 Å². The molecule has 1 heteroatoms. The van der Waals surface area contributed by atoms with Crippen molar-refractivity contribution in [3.05, 3.63) is 185 Å². The summed E-state index contributed by atoms with van der Waals surface area (Å²) in [5, 5.41) is 5.85. The molecule has 0 amide bonds. The number of benzene rings is 6. The zero-order chi connectivity index (χ0) is 31.7. The van der Waals surface area contributed by atoms with Crippen LogP contribution in [0, 0.1) is 12.8 Å². The average Bonchev–Trinajstić information content (AvgIpc) is 3.52. The van der Waals surface area contributed by atoms with Gasteiger partial charge in [-0.15, -0.1) is 0 Å². The minimum atomic E-state index is 0.731. The predicted molar refractivity (Wildman–Crippen MR) is 200 cm³/mol. The molecule has 2 aliphatic carbocycles. The molecular formula is C45H43N. The Bertz CT molecular complexity index is 1970. The Morgan fingerprint density at radius 1 is 0.652 bits per heavy atom. The quantitative estimate of drug-likeness (QED) is 0.109. The van der Waals surface area contributed by atoms with E-state index >= 15 is 0 Å². The van der Waals surface area contributed by atoms with Crippen molar-refractivity contribution < 1.29 is 0 Å². The maximum atomic E-state index is 4.08. The van der Waals surface area contributed by atoms with Gasteiger partial charge in [-0.1, -0.05) is 163 Å². The minimum Gasteiger partial charge on any atom is -0.264 e. The molecule has 0 spiro atoms. The molecule has 228 valence electrons. The summed E-state index contributed by atoms with van der Waals surface area (Å²) >= 11 is 0. The summed E-state index contributed by atoms with van der Waals surface area (Å²) in [6.07, 6.45) is 9.25. The normalized spacial score (nSPS) is 16.7. The second kappa shape index (κ2) is 14.8. The van der Waals surface area contributed by atoms with Gasteiger partial charge in [0.05, 0.1) is 5.70 Å². The van der Waals surface area contributed by atoms with Crippen molar-refractivity contribution in [1.29, 1.82) is 0 Å². The first-order valence-corrected chi connectivity index (χ1v) is 16.5. The Kier molecular flexibility index (Phi) is 10.0. The minimum absolute atomic E-state index is 0.731. The fraction of sp³-hybridized carbons (Fsp3) is 0.178. The van der Waals surface area contributed by atoms with Gasteiger partial charge in [0.15, 0.2) is 0 Å². The number of aryl methyl sites for hydroxylation is 1. The molecule has 46 heavy (non-hydrogen) atoms. The van der Waals surface area contributed by atoms with E-state index in [0.717, 1.165) is 29.5 Å². The zero-order valence-electron chi connectivity index (χ0n) is 27.1. The average molecular weight is 598 g/mol. The fourth-order valence-corrected chi connectivity index (χ4v) is 7.16. The fourth-order valence-electron chi connectivity index (χ4n) is 7.16. The predicted octanol–water partition coefficient (Wildman–Crippen LogP) is 12.0. The first kappa shape index (κ1) is 31.0. The van der Waals surface area contributed by atoms with Crippen LogP contribution in [0.2, 0.25) is 0 Å². The summed E-state index contributed by atoms with van der Waals surface area (Å²) in [4.78, 5) is 4.08. The second-order valence-electron chi connectivity index (χ2n) is 12.4. The van der Waals surface area contributed by atoms with Gasteiger partial charge in [-0.25, -0.2) is 0 Å². The summed E-state index contributed by atoms with van der Waals surface area (Å²) in [6, 6.07) is 48.8. The lowest BCUT2D eigenvalue weighted by Gasteiger charge is -2.26. The van der Waals surface area contributed by atoms with Crippen molar-refractivity contribution in [2.45, 2.75) is 45.4 Å². The SMILES string of the molecule is C=N/C(=C\Cc1ccccc1)c1ccccc1.CC1=CCCC2c3c(c4ccccc4c4ccccc34)CC12.Cc1ccccc1. The standard InChI is InChI=1S/C22H20.C16H15N.C7H8/c1-14-7-6-12-19-20(14)13-21-17-10-3-2-8-15(17)16-9-4-5-11-18(16)22(19)21;1-17-16(15-10-6-3-7-11-15)13-12-14-8-4-2-5-9-14;1-7-5-3-2-4-6-7/h2-5,7-11,19-20H,6,12-13H2,1H3;2-11,13H,1,12H2;2-6H,1H3/b;16-13-;. The molecule has 0 aromatic heterocycles. The van der Waals surface area contributed by atoms with Crippen LogP contribution in [-0.2, 0) is 12.8 Å². The van der Waals surface area contributed by atoms with E-state index in [1.807, 2.05) is 66.7 Å². The lowest BCUT2D eigenvalue weighted by molar-refractivity contribution is 0.472. The van der Waals surface area contributed by atoms with E-state index in [0.29, 0.717) is 0 Å². The molecule has 1 nitrogen and oxygen atoms in total. The highest BCUT2D eigenvalue weighted by Gasteiger charge is 2.37. The van der Waals surface area contributed by atoms with E-state index in [4.69, 9.17) is 0 Å². The van der Waals surface area contributed by atoms with Crippen molar-refractivity contribution in [1.82, 2.24) is 0 Å². The van der Waals surface area contributed by atoms with E-state index in [9.17, 15) is 0 Å². The van der Waals surface area contributed by atoms with Crippen molar-refractivity contribution in [3.8, 4) is 0 Å². The molecule has 0 fully saturated rings. The Morgan fingerprint density at radius 3 is 1.80 bits per heavy atom. The van der Waals surface area contributed by atoms with Crippen LogP contribution in [0.15, 0.2) is 162 Å². The summed E-state index contributed by atoms with van der Waals surface area (Å²) in [5.74, 6) is 1.47. The van der Waals surface area contributed by atoms with Gasteiger partial charge in [-0.2, -0.15) is 0 Å². The van der Waals surface area contributed by atoms with Gasteiger partial charge in [0.1, 0.15) is 0 Å². The van der Waals surface area contributed by atoms with Crippen LogP contribution in [-0.4, -0.2) is 6.72 Å². The zero-order valence-corrected chi connectivity index (χ0v) is 27.1. The van der Waals surface area contributed by atoms with Gasteiger partial charge in [0.25, 0.3) is 0 Å². The number of rotatable bonds is 4. The molecule has 0 saturated heterocycles. The van der Waals surface area contributed by atoms with Crippen molar-refractivity contribution >= 4 is 34.0 Å². The summed E-state index contributed by atoms with van der Waals surface area (Å²) in [5.41, 5.74) is 9.55. The van der Waals surface area contributed by atoms with Crippen LogP contribution in [0.3, 0.4) is 0 Å². The number of allylic oxidation sites excluding steroid dienone is 3. The second-order valence-corrected chi connectivity index (χ2v) is 12.4. The van der Waals surface area contributed by atoms with Crippen molar-refractivity contribution in [2.24, 2.45) is 10.9 Å². The molecule has 6 aromatic rings. The van der Waals surface area contributed by atoms with Crippen LogP contribution < -0.4 is 0 Å². The number of fused-ring (bicyclic) bond motifs is 8. The number of hydrogen-bond donors (Lipinski definition) is 0. The number of hydrogen-bond acceptors (Lipinski definition) is 1. The van der Waals surface area contributed by atoms with Gasteiger partial charge >= 0.3 is 0 Å². The first-order valence-electron chi connectivity index (χ1n) is 16.5. The summed E-state index contributed by atoms with van der Waals surface area (Å²) in [6.45, 7) is 8.06. The highest BCUT2D eigenvalue weighted by atomic mass is 14.7. The van der Waals surface area contributed by atoms with E-state index in [1.54, 1.807) is 16.7 Å². The Hall–Kier alpha value is -5.01. The molecule has 0 saturated carbocycles. The third-order valence-corrected chi connectivity index (χ3v) is 9.45. The maximum Gasteiger partial charge on any atom is 0.0658 e. The number of aliphatic imine (C=N–C) groups is 1. The topological polar surface area (TPSA) is 12.4 Å². The Labute approximate surface area is 274 Å². The van der Waals surface area contributed by atoms with E-state index < -0.39 is 0 Å². The van der Waals surface area contributed by atoms with Crippen molar-refractivity contribution in [3.63, 3.8) is 0 Å². The van der Waals surface area contributed by atoms with Gasteiger partial charge < -0.3 is 0 Å². The molecule has 2 atom stereocenters. The first-order chi connectivity index (χ1) is 22.6. The summed E-state index contributed by atoms with van der Waals surface area (Å²) in [7, 11) is 0. The van der Waals surface area contributed by atoms with Gasteiger partial charge in [-0.3, -0.25) is 4.99 Å². The lowest BCUT2D eigenvalue weighted by atomic mass is 9.78. The Morgan fingerprint density at radius 2 is 1.20 bits per heavy atom. The molecule has 0 radical (unpaired) electrons. The van der Waals surface area contributed by atoms with Crippen LogP contribution >= 0.6 is 0 Å². The van der Waals surface area contributed by atoms with Gasteiger partial charge in [0, 0.05) is 0 Å². The molecule has 0 aliphatic heterocycles. The molecule has 0 N–H and O–H groups in total. The highest BCUT2D eigenvalue weighted by Crippen LogP contribution is 2.51. The van der Waals surface area contributed by atoms with Crippen LogP contribution in [0.25, 0.3) is 27.2 Å². The third-order valence-electron chi connectivity index (χ3n) is 9.45. The molecular weight excluding hydrogens is 555 g/mol. The molecule has 2 unspecified atom stereocenters. The van der Waals surface area contributed by atoms with Crippen molar-refractivity contribution in [2.75, 3.05) is 0 Å². The molecule has 0 bridgehead atoms. The van der Waals surface area contributed by atoms with E-state index in [1.165, 1.54) is 51.9 Å². The van der Waals surface area contributed by atoms with E-state index in [-0.39, 0.29) is 0 Å². The molecule has 0 heterocycles. The van der Waals surface area contributed by atoms with Gasteiger partial charge in [-0.05, 0) is 102 Å². The van der Waals surface area contributed by atoms with Gasteiger partial charge in [0.2, 0.25) is 0 Å². The maximum absolute atomic E-state index is 4.08. The van der Waals surface area contributed by atoms with Crippen LogP contribution in [0.1, 0.15) is 53.5 Å². The lowest BCUT2D eigenvalue weighted by Crippen LogP contribution is -2.13. The van der Waals surface area contributed by atoms with Crippen LogP contribution in [0.4, 0.5) is 0 Å². The largest absolute Gasteiger partial charge is 0.264 e. The highest BCUT2D eigenvalue weighted by molar-refractivity contribution is 6.11.